The van der Waals surface area contributed by atoms with E-state index in [9.17, 15) is 4.79 Å². The number of rotatable bonds is 3. The van der Waals surface area contributed by atoms with Gasteiger partial charge in [0.05, 0.1) is 5.69 Å². The van der Waals surface area contributed by atoms with E-state index in [1.165, 1.54) is 0 Å². The number of anilines is 1. The molecule has 1 aromatic rings. The second-order valence-corrected chi connectivity index (χ2v) is 4.99. The summed E-state index contributed by atoms with van der Waals surface area (Å²) >= 11 is 5.04. The van der Waals surface area contributed by atoms with Crippen LogP contribution in [-0.4, -0.2) is 35.5 Å². The summed E-state index contributed by atoms with van der Waals surface area (Å²) < 4.78 is 0. The van der Waals surface area contributed by atoms with Crippen molar-refractivity contribution in [1.29, 1.82) is 0 Å². The number of nitrogens with zero attached hydrogens (tertiary/aromatic N) is 2. The van der Waals surface area contributed by atoms with Gasteiger partial charge in [-0.3, -0.25) is 9.78 Å². The molecule has 1 aliphatic rings. The molecular weight excluding hydrogens is 260 g/mol. The van der Waals surface area contributed by atoms with Crippen LogP contribution in [0.1, 0.15) is 25.0 Å². The standard InChI is InChI=1S/C13H18N4OS/c1-15-13(18)10-5-2-3-8-17(10)9-6-4-7-16-11(9)12(14)19/h4,6-7,10H,2-3,5,8H2,1H3,(H2,14,19)(H,15,18). The minimum absolute atomic E-state index is 0.0254. The van der Waals surface area contributed by atoms with Crippen molar-refractivity contribution in [2.45, 2.75) is 25.3 Å². The highest BCUT2D eigenvalue weighted by molar-refractivity contribution is 7.80. The molecule has 0 spiro atoms. The van der Waals surface area contributed by atoms with Crippen molar-refractivity contribution >= 4 is 28.8 Å². The van der Waals surface area contributed by atoms with Gasteiger partial charge in [0.2, 0.25) is 5.91 Å². The molecule has 0 aromatic carbocycles. The van der Waals surface area contributed by atoms with E-state index in [-0.39, 0.29) is 16.9 Å². The predicted octanol–water partition coefficient (Wildman–Crippen LogP) is 0.821. The number of likely N-dealkylation sites (N-methyl/N-ethyl adjacent to an activating group) is 1. The Morgan fingerprint density at radius 3 is 3.05 bits per heavy atom. The van der Waals surface area contributed by atoms with Gasteiger partial charge in [-0.15, -0.1) is 0 Å². The van der Waals surface area contributed by atoms with Gasteiger partial charge in [0.1, 0.15) is 16.7 Å². The molecule has 6 heteroatoms. The first-order valence-corrected chi connectivity index (χ1v) is 6.79. The van der Waals surface area contributed by atoms with E-state index >= 15 is 0 Å². The molecule has 1 aromatic heterocycles. The van der Waals surface area contributed by atoms with Gasteiger partial charge in [0.25, 0.3) is 0 Å². The molecule has 2 rings (SSSR count). The molecule has 1 atom stereocenters. The zero-order valence-electron chi connectivity index (χ0n) is 10.9. The number of carbonyl (C=O) groups excluding carboxylic acids is 1. The first kappa shape index (κ1) is 13.7. The summed E-state index contributed by atoms with van der Waals surface area (Å²) in [6, 6.07) is 3.59. The van der Waals surface area contributed by atoms with E-state index < -0.39 is 0 Å². The highest BCUT2D eigenvalue weighted by atomic mass is 32.1. The Kier molecular flexibility index (Phi) is 4.31. The molecule has 0 radical (unpaired) electrons. The summed E-state index contributed by atoms with van der Waals surface area (Å²) in [5.74, 6) is 0.0254. The highest BCUT2D eigenvalue weighted by Crippen LogP contribution is 2.27. The maximum atomic E-state index is 12.0. The van der Waals surface area contributed by atoms with Gasteiger partial charge < -0.3 is 16.0 Å². The van der Waals surface area contributed by atoms with Crippen LogP contribution in [0.25, 0.3) is 0 Å². The molecule has 2 heterocycles. The van der Waals surface area contributed by atoms with E-state index in [1.807, 2.05) is 12.1 Å². The Morgan fingerprint density at radius 1 is 1.58 bits per heavy atom. The zero-order chi connectivity index (χ0) is 13.8. The number of pyridine rings is 1. The Labute approximate surface area is 118 Å². The lowest BCUT2D eigenvalue weighted by Crippen LogP contribution is -2.49. The van der Waals surface area contributed by atoms with Gasteiger partial charge in [-0.25, -0.2) is 0 Å². The molecule has 19 heavy (non-hydrogen) atoms. The first-order chi connectivity index (χ1) is 9.15. The minimum Gasteiger partial charge on any atom is -0.388 e. The Balaban J connectivity index is 2.37. The quantitative estimate of drug-likeness (QED) is 0.801. The molecule has 1 aliphatic heterocycles. The number of nitrogens with two attached hydrogens (primary N) is 1. The van der Waals surface area contributed by atoms with E-state index in [0.29, 0.717) is 5.69 Å². The van der Waals surface area contributed by atoms with Crippen LogP contribution in [0.3, 0.4) is 0 Å². The van der Waals surface area contributed by atoms with E-state index in [0.717, 1.165) is 31.5 Å². The molecule has 3 N–H and O–H groups in total. The summed E-state index contributed by atoms with van der Waals surface area (Å²) in [6.07, 6.45) is 4.61. The van der Waals surface area contributed by atoms with Crippen LogP contribution >= 0.6 is 12.2 Å². The van der Waals surface area contributed by atoms with E-state index in [4.69, 9.17) is 18.0 Å². The number of hydrogen-bond donors (Lipinski definition) is 2. The van der Waals surface area contributed by atoms with Crippen molar-refractivity contribution in [1.82, 2.24) is 10.3 Å². The maximum absolute atomic E-state index is 12.0. The molecular formula is C13H18N4OS. The third kappa shape index (κ3) is 2.84. The van der Waals surface area contributed by atoms with E-state index in [1.54, 1.807) is 13.2 Å². The van der Waals surface area contributed by atoms with Crippen molar-refractivity contribution in [3.8, 4) is 0 Å². The Bertz CT molecular complexity index is 491. The van der Waals surface area contributed by atoms with Crippen molar-refractivity contribution in [2.75, 3.05) is 18.5 Å². The van der Waals surface area contributed by atoms with Crippen LogP contribution in [0, 0.1) is 0 Å². The van der Waals surface area contributed by atoms with Crippen LogP contribution < -0.4 is 16.0 Å². The number of piperidine rings is 1. The number of aromatic nitrogens is 1. The molecule has 0 saturated carbocycles. The normalized spacial score (nSPS) is 19.0. The predicted molar refractivity (Wildman–Crippen MR) is 79.2 cm³/mol. The summed E-state index contributed by atoms with van der Waals surface area (Å²) in [6.45, 7) is 0.819. The number of nitrogens with one attached hydrogen (secondary N) is 1. The van der Waals surface area contributed by atoms with Crippen LogP contribution in [0.5, 0.6) is 0 Å². The summed E-state index contributed by atoms with van der Waals surface area (Å²) in [5, 5.41) is 2.72. The monoisotopic (exact) mass is 278 g/mol. The van der Waals surface area contributed by atoms with E-state index in [2.05, 4.69) is 15.2 Å². The SMILES string of the molecule is CNC(=O)C1CCCCN1c1cccnc1C(N)=S. The van der Waals surface area contributed by atoms with Gasteiger partial charge in [0.15, 0.2) is 0 Å². The van der Waals surface area contributed by atoms with Crippen LogP contribution in [0.15, 0.2) is 18.3 Å². The third-order valence-corrected chi connectivity index (χ3v) is 3.57. The van der Waals surface area contributed by atoms with Crippen LogP contribution in [0.4, 0.5) is 5.69 Å². The van der Waals surface area contributed by atoms with Gasteiger partial charge in [-0.05, 0) is 31.4 Å². The summed E-state index contributed by atoms with van der Waals surface area (Å²) in [5.41, 5.74) is 7.16. The highest BCUT2D eigenvalue weighted by Gasteiger charge is 2.30. The second-order valence-electron chi connectivity index (χ2n) is 4.55. The molecule has 0 bridgehead atoms. The molecule has 5 nitrogen and oxygen atoms in total. The van der Waals surface area contributed by atoms with Crippen LogP contribution in [0.2, 0.25) is 0 Å². The summed E-state index contributed by atoms with van der Waals surface area (Å²) in [7, 11) is 1.66. The second kappa shape index (κ2) is 5.97. The lowest BCUT2D eigenvalue weighted by Gasteiger charge is -2.36. The van der Waals surface area contributed by atoms with Gasteiger partial charge in [-0.2, -0.15) is 0 Å². The molecule has 1 fully saturated rings. The lowest BCUT2D eigenvalue weighted by molar-refractivity contribution is -0.122. The van der Waals surface area contributed by atoms with Gasteiger partial charge >= 0.3 is 0 Å². The van der Waals surface area contributed by atoms with Crippen molar-refractivity contribution in [3.05, 3.63) is 24.0 Å². The minimum atomic E-state index is -0.170. The van der Waals surface area contributed by atoms with Crippen molar-refractivity contribution in [2.24, 2.45) is 5.73 Å². The number of carbonyl (C=O) groups is 1. The van der Waals surface area contributed by atoms with Gasteiger partial charge in [-0.1, -0.05) is 12.2 Å². The topological polar surface area (TPSA) is 71.2 Å². The molecule has 102 valence electrons. The largest absolute Gasteiger partial charge is 0.388 e. The lowest BCUT2D eigenvalue weighted by atomic mass is 10.00. The Hall–Kier alpha value is -1.69. The molecule has 1 unspecified atom stereocenters. The summed E-state index contributed by atoms with van der Waals surface area (Å²) in [4.78, 5) is 18.5. The zero-order valence-corrected chi connectivity index (χ0v) is 11.7. The molecule has 1 amide bonds. The maximum Gasteiger partial charge on any atom is 0.242 e. The Morgan fingerprint density at radius 2 is 2.37 bits per heavy atom. The fraction of sp³-hybridized carbons (Fsp3) is 0.462. The van der Waals surface area contributed by atoms with Crippen molar-refractivity contribution < 1.29 is 4.79 Å². The fourth-order valence-corrected chi connectivity index (χ4v) is 2.63. The number of amides is 1. The van der Waals surface area contributed by atoms with Gasteiger partial charge in [0, 0.05) is 19.8 Å². The first-order valence-electron chi connectivity index (χ1n) is 6.38. The molecule has 1 saturated heterocycles. The average molecular weight is 278 g/mol. The fourth-order valence-electron chi connectivity index (χ4n) is 2.48. The third-order valence-electron chi connectivity index (χ3n) is 3.38. The van der Waals surface area contributed by atoms with Crippen LogP contribution in [-0.2, 0) is 4.79 Å². The molecule has 0 aliphatic carbocycles. The smallest absolute Gasteiger partial charge is 0.242 e. The van der Waals surface area contributed by atoms with Crippen molar-refractivity contribution in [3.63, 3.8) is 0 Å². The number of thiocarbonyl (C=S) groups is 1. The number of hydrogen-bond acceptors (Lipinski definition) is 4. The average Bonchev–Trinajstić information content (AvgIpc) is 2.46.